The molecule has 1 aromatic carbocycles. The van der Waals surface area contributed by atoms with Crippen LogP contribution in [0.1, 0.15) is 63.6 Å². The van der Waals surface area contributed by atoms with Gasteiger partial charge in [-0.25, -0.2) is 14.6 Å². The molecule has 0 bridgehead atoms. The lowest BCUT2D eigenvalue weighted by Crippen LogP contribution is -2.53. The number of carboxylic acid groups (broad SMARTS) is 2. The number of carbonyl (C=O) groups is 6. The van der Waals surface area contributed by atoms with Gasteiger partial charge >= 0.3 is 17.9 Å². The summed E-state index contributed by atoms with van der Waals surface area (Å²) in [6.07, 6.45) is 7.82. The molecule has 15 nitrogen and oxygen atoms in total. The summed E-state index contributed by atoms with van der Waals surface area (Å²) >= 11 is 0. The minimum absolute atomic E-state index is 0.0967. The molecule has 2 aromatic rings. The number of benzene rings is 1. The first-order valence-corrected chi connectivity index (χ1v) is 15.6. The van der Waals surface area contributed by atoms with E-state index in [9.17, 15) is 28.8 Å². The van der Waals surface area contributed by atoms with E-state index in [0.29, 0.717) is 43.0 Å². The summed E-state index contributed by atoms with van der Waals surface area (Å²) in [6, 6.07) is 4.84. The topological polar surface area (TPSA) is 212 Å². The molecule has 1 unspecified atom stereocenters. The van der Waals surface area contributed by atoms with Gasteiger partial charge in [0.05, 0.1) is 37.9 Å². The van der Waals surface area contributed by atoms with Crippen LogP contribution in [0, 0.1) is 5.41 Å². The van der Waals surface area contributed by atoms with E-state index in [2.05, 4.69) is 21.9 Å². The summed E-state index contributed by atoms with van der Waals surface area (Å²) in [5.41, 5.74) is 0.654. The van der Waals surface area contributed by atoms with Crippen molar-refractivity contribution in [3.8, 4) is 11.5 Å². The molecule has 3 N–H and O–H groups in total. The van der Waals surface area contributed by atoms with Gasteiger partial charge in [-0.15, -0.1) is 0 Å². The van der Waals surface area contributed by atoms with Crippen molar-refractivity contribution in [1.82, 2.24) is 14.9 Å². The molecule has 0 radical (unpaired) electrons. The monoisotopic (exact) mass is 684 g/mol. The Balaban J connectivity index is 0.000000348. The first-order valence-electron chi connectivity index (χ1n) is 15.6. The van der Waals surface area contributed by atoms with E-state index in [-0.39, 0.29) is 26.0 Å². The number of nitrogens with one attached hydrogen (secondary N) is 1. The van der Waals surface area contributed by atoms with Gasteiger partial charge in [-0.1, -0.05) is 12.6 Å². The zero-order valence-electron chi connectivity index (χ0n) is 28.2. The maximum absolute atomic E-state index is 12.3. The number of piperidine rings is 1. The lowest BCUT2D eigenvalue weighted by molar-refractivity contribution is -0.159. The summed E-state index contributed by atoms with van der Waals surface area (Å²) < 4.78 is 15.4. The molecule has 0 spiro atoms. The summed E-state index contributed by atoms with van der Waals surface area (Å²) in [5, 5.41) is 20.3. The second kappa shape index (κ2) is 19.5. The number of Topliss-reactive ketones (excluding diaryl/α,β-unsaturated/α-hetero) is 1. The number of carbonyl (C=O) groups excluding carboxylic acids is 4. The Morgan fingerprint density at radius 3 is 2.37 bits per heavy atom. The van der Waals surface area contributed by atoms with Gasteiger partial charge in [0.15, 0.2) is 17.3 Å². The van der Waals surface area contributed by atoms with Crippen LogP contribution in [0.5, 0.6) is 11.5 Å². The molecule has 2 heterocycles. The normalized spacial score (nSPS) is 14.0. The highest BCUT2D eigenvalue weighted by molar-refractivity contribution is 6.38. The number of amides is 2. The number of esters is 1. The number of likely N-dealkylation sites (tertiary alicyclic amines) is 1. The summed E-state index contributed by atoms with van der Waals surface area (Å²) in [5.74, 6) is -3.10. The van der Waals surface area contributed by atoms with Crippen molar-refractivity contribution in [3.05, 3.63) is 54.5 Å². The van der Waals surface area contributed by atoms with Crippen LogP contribution in [0.25, 0.3) is 0 Å². The molecule has 49 heavy (non-hydrogen) atoms. The fraction of sp³-hybridized carbons (Fsp3) is 0.471. The highest BCUT2D eigenvalue weighted by Crippen LogP contribution is 2.28. The van der Waals surface area contributed by atoms with Crippen LogP contribution >= 0.6 is 0 Å². The van der Waals surface area contributed by atoms with Gasteiger partial charge in [-0.3, -0.25) is 24.2 Å². The van der Waals surface area contributed by atoms with Crippen molar-refractivity contribution in [3.63, 3.8) is 0 Å². The van der Waals surface area contributed by atoms with Crippen molar-refractivity contribution >= 4 is 41.3 Å². The molecule has 15 heteroatoms. The smallest absolute Gasteiger partial charge is 0.330 e. The molecular weight excluding hydrogens is 640 g/mol. The fourth-order valence-electron chi connectivity index (χ4n) is 4.75. The molecule has 1 aliphatic heterocycles. The van der Waals surface area contributed by atoms with Gasteiger partial charge in [-0.2, -0.15) is 0 Å². The second-order valence-electron chi connectivity index (χ2n) is 11.8. The highest BCUT2D eigenvalue weighted by Gasteiger charge is 2.41. The summed E-state index contributed by atoms with van der Waals surface area (Å²) in [7, 11) is 3.21. The Morgan fingerprint density at radius 2 is 1.73 bits per heavy atom. The van der Waals surface area contributed by atoms with Gasteiger partial charge in [0.25, 0.3) is 5.91 Å². The third-order valence-corrected chi connectivity index (χ3v) is 7.46. The average Bonchev–Trinajstić information content (AvgIpc) is 3.09. The van der Waals surface area contributed by atoms with E-state index in [4.69, 9.17) is 24.4 Å². The van der Waals surface area contributed by atoms with Gasteiger partial charge < -0.3 is 34.6 Å². The molecule has 1 fully saturated rings. The molecule has 0 aliphatic carbocycles. The number of aliphatic carboxylic acids is 2. The maximum atomic E-state index is 12.3. The molecule has 1 atom stereocenters. The zero-order chi connectivity index (χ0) is 36.6. The minimum Gasteiger partial charge on any atom is -0.493 e. The first kappa shape index (κ1) is 39.8. The number of methoxy groups -OCH3 is 2. The number of nitrogens with zero attached hydrogens (tertiary/aromatic N) is 3. The Bertz CT molecular complexity index is 1510. The van der Waals surface area contributed by atoms with Crippen molar-refractivity contribution in [2.24, 2.45) is 5.41 Å². The number of ketones is 1. The second-order valence-corrected chi connectivity index (χ2v) is 11.8. The number of ether oxygens (including phenoxy) is 3. The lowest BCUT2D eigenvalue weighted by atomic mass is 9.87. The van der Waals surface area contributed by atoms with Crippen LogP contribution in [0.15, 0.2) is 43.2 Å². The predicted molar refractivity (Wildman–Crippen MR) is 176 cm³/mol. The number of hydrogen-bond acceptors (Lipinski definition) is 11. The quantitative estimate of drug-likeness (QED) is 0.132. The van der Waals surface area contributed by atoms with Gasteiger partial charge in [-0.05, 0) is 70.1 Å². The summed E-state index contributed by atoms with van der Waals surface area (Å²) in [4.78, 5) is 78.6. The highest BCUT2D eigenvalue weighted by atomic mass is 16.5. The van der Waals surface area contributed by atoms with Crippen molar-refractivity contribution in [1.29, 1.82) is 0 Å². The lowest BCUT2D eigenvalue weighted by Gasteiger charge is -2.34. The molecule has 0 saturated carbocycles. The largest absolute Gasteiger partial charge is 0.493 e. The zero-order valence-corrected chi connectivity index (χ0v) is 28.2. The molecule has 3 rings (SSSR count). The minimum atomic E-state index is -1.23. The number of hydrogen-bond donors (Lipinski definition) is 3. The Labute approximate surface area is 284 Å². The third-order valence-electron chi connectivity index (χ3n) is 7.46. The number of aromatic nitrogens is 2. The Kier molecular flexibility index (Phi) is 15.8. The molecule has 1 saturated heterocycles. The van der Waals surface area contributed by atoms with Gasteiger partial charge in [0, 0.05) is 25.2 Å². The summed E-state index contributed by atoms with van der Waals surface area (Å²) in [6.45, 7) is 6.17. The van der Waals surface area contributed by atoms with Crippen molar-refractivity contribution in [2.75, 3.05) is 32.7 Å². The molecule has 1 aromatic heterocycles. The fourth-order valence-corrected chi connectivity index (χ4v) is 4.75. The molecular formula is C34H44N4O11. The van der Waals surface area contributed by atoms with Gasteiger partial charge in [0.1, 0.15) is 12.6 Å². The Morgan fingerprint density at radius 1 is 1.02 bits per heavy atom. The number of carboxylic acids is 2. The standard InChI is InChI=1S/C19H23N3O5.C15H21NO6/c1-26-15-7-6-13(10-16(15)27-2)4-3-5-14-11-20-12-17(21-14)22-18(23)8-9-19(24)25;1-4-11(17)22-9-15(2,3)12(18)13(19)16-8-6-5-7-10(16)14(20)21/h6-7,10-12H,3-5,8-9H2,1-2H3,(H,24,25)(H,21,22,23);4,10H,1,5-9H2,2-3H3,(H,20,21). The van der Waals surface area contributed by atoms with Crippen LogP contribution in [-0.2, 0) is 46.3 Å². The van der Waals surface area contributed by atoms with Crippen LogP contribution in [0.2, 0.25) is 0 Å². The van der Waals surface area contributed by atoms with Crippen molar-refractivity contribution < 1.29 is 53.2 Å². The van der Waals surface area contributed by atoms with Gasteiger partial charge in [0.2, 0.25) is 11.7 Å². The maximum Gasteiger partial charge on any atom is 0.330 e. The Hall–Kier alpha value is -5.34. The first-order chi connectivity index (χ1) is 23.2. The molecule has 266 valence electrons. The van der Waals surface area contributed by atoms with Crippen LogP contribution < -0.4 is 14.8 Å². The molecule has 1 aliphatic rings. The van der Waals surface area contributed by atoms with Crippen LogP contribution in [0.4, 0.5) is 5.82 Å². The van der Waals surface area contributed by atoms with Crippen LogP contribution in [-0.4, -0.2) is 94.0 Å². The van der Waals surface area contributed by atoms with E-state index in [1.165, 1.54) is 20.0 Å². The van der Waals surface area contributed by atoms with E-state index < -0.39 is 47.0 Å². The van der Waals surface area contributed by atoms with Crippen molar-refractivity contribution in [2.45, 2.75) is 71.3 Å². The SMILES string of the molecule is C=CC(=O)OCC(C)(C)C(=O)C(=O)N1CCCCC1C(=O)O.COc1ccc(CCCc2cncc(NC(=O)CCC(=O)O)n2)cc1OC. The van der Waals surface area contributed by atoms with E-state index in [1.54, 1.807) is 20.4 Å². The predicted octanol–water partition coefficient (Wildman–Crippen LogP) is 3.25. The third kappa shape index (κ3) is 13.0. The van der Waals surface area contributed by atoms with Crippen LogP contribution in [0.3, 0.4) is 0 Å². The van der Waals surface area contributed by atoms with E-state index in [0.717, 1.165) is 35.1 Å². The van der Waals surface area contributed by atoms with E-state index >= 15 is 0 Å². The number of aryl methyl sites for hydroxylation is 2. The number of rotatable bonds is 16. The van der Waals surface area contributed by atoms with E-state index in [1.807, 2.05) is 18.2 Å². The number of anilines is 1. The average molecular weight is 685 g/mol. The molecule has 2 amide bonds.